The Morgan fingerprint density at radius 3 is 2.33 bits per heavy atom. The van der Waals surface area contributed by atoms with Crippen LogP contribution in [-0.4, -0.2) is 16.1 Å². The average Bonchev–Trinajstić information content (AvgIpc) is 3.19. The van der Waals surface area contributed by atoms with E-state index in [1.807, 2.05) is 60.0 Å². The second-order valence-corrected chi connectivity index (χ2v) is 6.81. The van der Waals surface area contributed by atoms with E-state index >= 15 is 0 Å². The van der Waals surface area contributed by atoms with Gasteiger partial charge in [0.25, 0.3) is 0 Å². The number of aromatic nitrogens is 1. The predicted molar refractivity (Wildman–Crippen MR) is 105 cm³/mol. The second-order valence-electron chi connectivity index (χ2n) is 5.95. The fraction of sp³-hybridized carbons (Fsp3) is 0. The fourth-order valence-corrected chi connectivity index (χ4v) is 3.75. The molecule has 0 radical (unpaired) electrons. The third-order valence-electron chi connectivity index (χ3n) is 4.24. The molecule has 0 aliphatic heterocycles. The first-order valence-corrected chi connectivity index (χ1v) is 9.15. The van der Waals surface area contributed by atoms with E-state index in [2.05, 4.69) is 0 Å². The number of carboxylic acids is 1. The summed E-state index contributed by atoms with van der Waals surface area (Å²) >= 11 is 1.55. The molecular formula is C22H14FNO2S. The summed E-state index contributed by atoms with van der Waals surface area (Å²) in [6.07, 6.45) is 0. The molecule has 0 saturated heterocycles. The minimum Gasteiger partial charge on any atom is -0.478 e. The minimum atomic E-state index is -1.29. The van der Waals surface area contributed by atoms with Crippen LogP contribution >= 0.6 is 11.3 Å². The maximum atomic E-state index is 13.8. The molecule has 3 nitrogen and oxygen atoms in total. The van der Waals surface area contributed by atoms with Gasteiger partial charge in [0.05, 0.1) is 11.3 Å². The summed E-state index contributed by atoms with van der Waals surface area (Å²) < 4.78 is 13.8. The van der Waals surface area contributed by atoms with Crippen LogP contribution < -0.4 is 0 Å². The number of carboxylic acid groups (broad SMARTS) is 1. The van der Waals surface area contributed by atoms with E-state index in [0.717, 1.165) is 27.4 Å². The largest absolute Gasteiger partial charge is 0.478 e. The lowest BCUT2D eigenvalue weighted by Gasteiger charge is -2.09. The number of halogens is 1. The lowest BCUT2D eigenvalue weighted by Crippen LogP contribution is -2.00. The third kappa shape index (κ3) is 3.37. The van der Waals surface area contributed by atoms with Gasteiger partial charge in [-0.1, -0.05) is 60.7 Å². The molecule has 0 unspecified atom stereocenters. The summed E-state index contributed by atoms with van der Waals surface area (Å²) in [6.45, 7) is 0. The highest BCUT2D eigenvalue weighted by Crippen LogP contribution is 2.35. The van der Waals surface area contributed by atoms with Gasteiger partial charge in [-0.3, -0.25) is 0 Å². The molecule has 1 heterocycles. The van der Waals surface area contributed by atoms with E-state index in [1.54, 1.807) is 17.4 Å². The van der Waals surface area contributed by atoms with E-state index in [9.17, 15) is 14.3 Å². The molecule has 27 heavy (non-hydrogen) atoms. The van der Waals surface area contributed by atoms with E-state index < -0.39 is 11.8 Å². The van der Waals surface area contributed by atoms with Crippen LogP contribution in [0.3, 0.4) is 0 Å². The van der Waals surface area contributed by atoms with Crippen molar-refractivity contribution < 1.29 is 14.3 Å². The average molecular weight is 375 g/mol. The van der Waals surface area contributed by atoms with Crippen LogP contribution in [0.2, 0.25) is 0 Å². The Hall–Kier alpha value is -3.31. The molecule has 3 aromatic carbocycles. The van der Waals surface area contributed by atoms with Crippen LogP contribution in [0.25, 0.3) is 33.0 Å². The summed E-state index contributed by atoms with van der Waals surface area (Å²) in [7, 11) is 0. The first kappa shape index (κ1) is 17.1. The summed E-state index contributed by atoms with van der Waals surface area (Å²) in [4.78, 5) is 16.0. The Balaban J connectivity index is 1.80. The zero-order valence-corrected chi connectivity index (χ0v) is 14.9. The van der Waals surface area contributed by atoms with Gasteiger partial charge >= 0.3 is 5.97 Å². The molecule has 1 aromatic heterocycles. The van der Waals surface area contributed by atoms with Gasteiger partial charge in [0, 0.05) is 16.5 Å². The number of thiazole rings is 1. The SMILES string of the molecule is O=C(O)c1cc(-c2ccccc2-c2csc(-c3ccccc3)n2)ccc1F. The van der Waals surface area contributed by atoms with Gasteiger partial charge in [-0.25, -0.2) is 14.2 Å². The Bertz CT molecular complexity index is 1120. The third-order valence-corrected chi connectivity index (χ3v) is 5.13. The summed E-state index contributed by atoms with van der Waals surface area (Å²) in [6, 6.07) is 21.6. The van der Waals surface area contributed by atoms with Crippen molar-refractivity contribution in [3.63, 3.8) is 0 Å². The van der Waals surface area contributed by atoms with E-state index in [4.69, 9.17) is 4.98 Å². The minimum absolute atomic E-state index is 0.342. The fourth-order valence-electron chi connectivity index (χ4n) is 2.93. The normalized spacial score (nSPS) is 10.7. The summed E-state index contributed by atoms with van der Waals surface area (Å²) in [5.74, 6) is -2.03. The number of hydrogen-bond acceptors (Lipinski definition) is 3. The highest BCUT2D eigenvalue weighted by atomic mass is 32.1. The van der Waals surface area contributed by atoms with Crippen molar-refractivity contribution >= 4 is 17.3 Å². The van der Waals surface area contributed by atoms with Crippen molar-refractivity contribution in [1.82, 2.24) is 4.98 Å². The van der Waals surface area contributed by atoms with Gasteiger partial charge < -0.3 is 5.11 Å². The summed E-state index contributed by atoms with van der Waals surface area (Å²) in [5, 5.41) is 12.1. The molecular weight excluding hydrogens is 361 g/mol. The van der Waals surface area contributed by atoms with Crippen molar-refractivity contribution in [1.29, 1.82) is 0 Å². The highest BCUT2D eigenvalue weighted by Gasteiger charge is 2.15. The smallest absolute Gasteiger partial charge is 0.338 e. The molecule has 4 rings (SSSR count). The molecule has 0 saturated carbocycles. The zero-order valence-electron chi connectivity index (χ0n) is 14.1. The van der Waals surface area contributed by atoms with Crippen LogP contribution in [0.1, 0.15) is 10.4 Å². The maximum Gasteiger partial charge on any atom is 0.338 e. The molecule has 4 aromatic rings. The van der Waals surface area contributed by atoms with Gasteiger partial charge in [0.2, 0.25) is 0 Å². The molecule has 0 amide bonds. The standard InChI is InChI=1S/C22H14FNO2S/c23-19-11-10-15(12-18(19)22(25)26)16-8-4-5-9-17(16)20-13-27-21(24-20)14-6-2-1-3-7-14/h1-13H,(H,25,26). The molecule has 1 N–H and O–H groups in total. The summed E-state index contributed by atoms with van der Waals surface area (Å²) in [5.41, 5.74) is 3.82. The number of aromatic carboxylic acids is 1. The first-order chi connectivity index (χ1) is 13.1. The second kappa shape index (κ2) is 7.13. The molecule has 0 aliphatic rings. The number of hydrogen-bond donors (Lipinski definition) is 1. The molecule has 132 valence electrons. The van der Waals surface area contributed by atoms with E-state index in [0.29, 0.717) is 5.56 Å². The van der Waals surface area contributed by atoms with Gasteiger partial charge in [0.15, 0.2) is 0 Å². The van der Waals surface area contributed by atoms with Gasteiger partial charge in [-0.05, 0) is 23.3 Å². The Morgan fingerprint density at radius 1 is 0.889 bits per heavy atom. The molecule has 0 aliphatic carbocycles. The first-order valence-electron chi connectivity index (χ1n) is 8.27. The van der Waals surface area contributed by atoms with Crippen molar-refractivity contribution in [3.05, 3.63) is 89.6 Å². The maximum absolute atomic E-state index is 13.8. The number of rotatable bonds is 4. The van der Waals surface area contributed by atoms with Crippen LogP contribution in [0, 0.1) is 5.82 Å². The van der Waals surface area contributed by atoms with Crippen LogP contribution in [0.5, 0.6) is 0 Å². The molecule has 5 heteroatoms. The van der Waals surface area contributed by atoms with Crippen LogP contribution in [0.15, 0.2) is 78.2 Å². The van der Waals surface area contributed by atoms with Gasteiger partial charge in [-0.2, -0.15) is 0 Å². The predicted octanol–water partition coefficient (Wildman–Crippen LogP) is 5.98. The molecule has 0 atom stereocenters. The molecule has 0 spiro atoms. The van der Waals surface area contributed by atoms with Crippen molar-refractivity contribution in [2.45, 2.75) is 0 Å². The number of nitrogens with zero attached hydrogens (tertiary/aromatic N) is 1. The number of carbonyl (C=O) groups is 1. The monoisotopic (exact) mass is 375 g/mol. The molecule has 0 fully saturated rings. The number of benzene rings is 3. The van der Waals surface area contributed by atoms with Gasteiger partial charge in [0.1, 0.15) is 10.8 Å². The van der Waals surface area contributed by atoms with E-state index in [-0.39, 0.29) is 5.56 Å². The molecule has 0 bridgehead atoms. The van der Waals surface area contributed by atoms with Crippen LogP contribution in [0.4, 0.5) is 4.39 Å². The lowest BCUT2D eigenvalue weighted by atomic mass is 9.96. The Kier molecular flexibility index (Phi) is 4.52. The van der Waals surface area contributed by atoms with Crippen LogP contribution in [-0.2, 0) is 0 Å². The zero-order chi connectivity index (χ0) is 18.8. The quantitative estimate of drug-likeness (QED) is 0.477. The topological polar surface area (TPSA) is 50.2 Å². The van der Waals surface area contributed by atoms with Crippen molar-refractivity contribution in [2.24, 2.45) is 0 Å². The highest BCUT2D eigenvalue weighted by molar-refractivity contribution is 7.13. The Labute approximate surface area is 159 Å². The van der Waals surface area contributed by atoms with Gasteiger partial charge in [-0.15, -0.1) is 11.3 Å². The van der Waals surface area contributed by atoms with E-state index in [1.165, 1.54) is 12.1 Å². The van der Waals surface area contributed by atoms with Crippen molar-refractivity contribution in [3.8, 4) is 33.0 Å². The van der Waals surface area contributed by atoms with Crippen molar-refractivity contribution in [2.75, 3.05) is 0 Å². The lowest BCUT2D eigenvalue weighted by molar-refractivity contribution is 0.0692. The Morgan fingerprint density at radius 2 is 1.59 bits per heavy atom.